The molecule has 1 aromatic carbocycles. The van der Waals surface area contributed by atoms with Crippen molar-refractivity contribution in [2.24, 2.45) is 0 Å². The van der Waals surface area contributed by atoms with Crippen LogP contribution in [0.3, 0.4) is 0 Å². The highest BCUT2D eigenvalue weighted by Crippen LogP contribution is 2.32. The summed E-state index contributed by atoms with van der Waals surface area (Å²) >= 11 is 0. The fourth-order valence-electron chi connectivity index (χ4n) is 2.92. The lowest BCUT2D eigenvalue weighted by molar-refractivity contribution is 0.136. The topological polar surface area (TPSA) is 50.7 Å². The van der Waals surface area contributed by atoms with Crippen LogP contribution in [0.4, 0.5) is 0 Å². The van der Waals surface area contributed by atoms with Crippen LogP contribution in [0.25, 0.3) is 0 Å². The summed E-state index contributed by atoms with van der Waals surface area (Å²) in [6, 6.07) is 6.44. The zero-order chi connectivity index (χ0) is 14.5. The molecular weight excluding hydrogens is 254 g/mol. The van der Waals surface area contributed by atoms with E-state index in [1.54, 1.807) is 14.2 Å². The minimum Gasteiger partial charge on any atom is -0.497 e. The van der Waals surface area contributed by atoms with Crippen LogP contribution in [-0.4, -0.2) is 31.4 Å². The molecule has 2 rings (SSSR count). The highest BCUT2D eigenvalue weighted by Gasteiger charge is 2.23. The average molecular weight is 279 g/mol. The Morgan fingerprint density at radius 1 is 1.30 bits per heavy atom. The summed E-state index contributed by atoms with van der Waals surface area (Å²) in [5.41, 5.74) is 0.798. The Kier molecular flexibility index (Phi) is 5.26. The van der Waals surface area contributed by atoms with E-state index < -0.39 is 6.10 Å². The van der Waals surface area contributed by atoms with Gasteiger partial charge in [-0.3, -0.25) is 0 Å². The number of rotatable bonds is 5. The molecule has 0 radical (unpaired) electrons. The van der Waals surface area contributed by atoms with Crippen molar-refractivity contribution in [3.05, 3.63) is 23.8 Å². The number of hydrogen-bond donors (Lipinski definition) is 2. The van der Waals surface area contributed by atoms with Gasteiger partial charge >= 0.3 is 0 Å². The van der Waals surface area contributed by atoms with Gasteiger partial charge in [-0.15, -0.1) is 0 Å². The molecule has 0 aromatic heterocycles. The summed E-state index contributed by atoms with van der Waals surface area (Å²) in [7, 11) is 3.25. The fraction of sp³-hybridized carbons (Fsp3) is 0.625. The van der Waals surface area contributed by atoms with Crippen LogP contribution < -0.4 is 14.8 Å². The Labute approximate surface area is 121 Å². The van der Waals surface area contributed by atoms with E-state index in [0.29, 0.717) is 24.3 Å². The molecule has 1 aromatic rings. The molecule has 1 saturated heterocycles. The molecule has 1 heterocycles. The fourth-order valence-corrected chi connectivity index (χ4v) is 2.92. The number of methoxy groups -OCH3 is 2. The molecule has 2 N–H and O–H groups in total. The Morgan fingerprint density at radius 2 is 2.10 bits per heavy atom. The molecule has 4 heteroatoms. The third-order valence-electron chi connectivity index (χ3n) is 4.01. The first-order chi connectivity index (χ1) is 9.63. The number of piperidine rings is 1. The summed E-state index contributed by atoms with van der Waals surface area (Å²) in [5.74, 6) is 1.45. The van der Waals surface area contributed by atoms with Crippen molar-refractivity contribution in [2.45, 2.75) is 50.8 Å². The van der Waals surface area contributed by atoms with Gasteiger partial charge < -0.3 is 19.9 Å². The predicted octanol–water partition coefficient (Wildman–Crippen LogP) is 2.66. The van der Waals surface area contributed by atoms with Crippen molar-refractivity contribution in [3.8, 4) is 11.5 Å². The Bertz CT molecular complexity index is 436. The van der Waals surface area contributed by atoms with Gasteiger partial charge in [-0.2, -0.15) is 0 Å². The lowest BCUT2D eigenvalue weighted by atomic mass is 9.93. The molecule has 20 heavy (non-hydrogen) atoms. The predicted molar refractivity (Wildman–Crippen MR) is 79.4 cm³/mol. The van der Waals surface area contributed by atoms with E-state index in [1.165, 1.54) is 12.8 Å². The maximum atomic E-state index is 10.5. The summed E-state index contributed by atoms with van der Waals surface area (Å²) in [4.78, 5) is 0. The number of ether oxygens (including phenoxy) is 2. The van der Waals surface area contributed by atoms with E-state index in [9.17, 15) is 5.11 Å². The SMILES string of the molecule is COc1ccc(OC)c(C(O)CC2CCCC(C)N2)c1. The average Bonchev–Trinajstić information content (AvgIpc) is 2.46. The molecule has 0 bridgehead atoms. The second-order valence-corrected chi connectivity index (χ2v) is 5.55. The summed E-state index contributed by atoms with van der Waals surface area (Å²) in [5, 5.41) is 14.1. The van der Waals surface area contributed by atoms with Crippen molar-refractivity contribution in [2.75, 3.05) is 14.2 Å². The summed E-state index contributed by atoms with van der Waals surface area (Å²) < 4.78 is 10.6. The number of aliphatic hydroxyl groups is 1. The Morgan fingerprint density at radius 3 is 2.75 bits per heavy atom. The van der Waals surface area contributed by atoms with Gasteiger partial charge in [0.05, 0.1) is 20.3 Å². The molecule has 0 amide bonds. The van der Waals surface area contributed by atoms with Gasteiger partial charge in [0, 0.05) is 17.6 Å². The maximum Gasteiger partial charge on any atom is 0.124 e. The van der Waals surface area contributed by atoms with E-state index in [2.05, 4.69) is 12.2 Å². The Balaban J connectivity index is 2.09. The lowest BCUT2D eigenvalue weighted by Gasteiger charge is -2.30. The van der Waals surface area contributed by atoms with Crippen LogP contribution in [0.1, 0.15) is 44.3 Å². The van der Waals surface area contributed by atoms with Gasteiger partial charge in [0.25, 0.3) is 0 Å². The van der Waals surface area contributed by atoms with Crippen molar-refractivity contribution in [3.63, 3.8) is 0 Å². The van der Waals surface area contributed by atoms with Crippen LogP contribution in [0.5, 0.6) is 11.5 Å². The molecule has 112 valence electrons. The van der Waals surface area contributed by atoms with E-state index in [1.807, 2.05) is 18.2 Å². The summed E-state index contributed by atoms with van der Waals surface area (Å²) in [6.07, 6.45) is 3.72. The largest absolute Gasteiger partial charge is 0.497 e. The minimum absolute atomic E-state index is 0.365. The molecule has 3 atom stereocenters. The highest BCUT2D eigenvalue weighted by molar-refractivity contribution is 5.41. The highest BCUT2D eigenvalue weighted by atomic mass is 16.5. The third-order valence-corrected chi connectivity index (χ3v) is 4.01. The molecule has 0 aliphatic carbocycles. The zero-order valence-corrected chi connectivity index (χ0v) is 12.6. The van der Waals surface area contributed by atoms with E-state index in [4.69, 9.17) is 9.47 Å². The van der Waals surface area contributed by atoms with Crippen LogP contribution in [0, 0.1) is 0 Å². The van der Waals surface area contributed by atoms with Crippen LogP contribution in [0.15, 0.2) is 18.2 Å². The van der Waals surface area contributed by atoms with Gasteiger partial charge in [0.1, 0.15) is 11.5 Å². The minimum atomic E-state index is -0.539. The second-order valence-electron chi connectivity index (χ2n) is 5.55. The van der Waals surface area contributed by atoms with Gasteiger partial charge in [-0.05, 0) is 44.4 Å². The van der Waals surface area contributed by atoms with E-state index >= 15 is 0 Å². The molecule has 0 spiro atoms. The first-order valence-electron chi connectivity index (χ1n) is 7.30. The smallest absolute Gasteiger partial charge is 0.124 e. The third kappa shape index (κ3) is 3.64. The van der Waals surface area contributed by atoms with Crippen molar-refractivity contribution >= 4 is 0 Å². The molecule has 1 aliphatic rings. The van der Waals surface area contributed by atoms with Crippen LogP contribution in [-0.2, 0) is 0 Å². The maximum absolute atomic E-state index is 10.5. The normalized spacial score (nSPS) is 24.2. The lowest BCUT2D eigenvalue weighted by Crippen LogP contribution is -2.41. The molecule has 0 saturated carbocycles. The van der Waals surface area contributed by atoms with Gasteiger partial charge in [-0.1, -0.05) is 6.42 Å². The Hall–Kier alpha value is -1.26. The number of benzene rings is 1. The molecule has 1 fully saturated rings. The standard InChI is InChI=1S/C16H25NO3/c1-11-5-4-6-12(17-11)9-15(18)14-10-13(19-2)7-8-16(14)20-3/h7-8,10-12,15,17-18H,4-6,9H2,1-3H3. The van der Waals surface area contributed by atoms with Gasteiger partial charge in [-0.25, -0.2) is 0 Å². The van der Waals surface area contributed by atoms with Crippen LogP contribution in [0.2, 0.25) is 0 Å². The monoisotopic (exact) mass is 279 g/mol. The van der Waals surface area contributed by atoms with Gasteiger partial charge in [0.2, 0.25) is 0 Å². The zero-order valence-electron chi connectivity index (χ0n) is 12.6. The molecule has 3 unspecified atom stereocenters. The summed E-state index contributed by atoms with van der Waals surface area (Å²) in [6.45, 7) is 2.20. The first kappa shape index (κ1) is 15.1. The van der Waals surface area contributed by atoms with E-state index in [-0.39, 0.29) is 0 Å². The quantitative estimate of drug-likeness (QED) is 0.870. The number of hydrogen-bond acceptors (Lipinski definition) is 4. The van der Waals surface area contributed by atoms with Crippen molar-refractivity contribution in [1.29, 1.82) is 0 Å². The second kappa shape index (κ2) is 6.95. The van der Waals surface area contributed by atoms with Gasteiger partial charge in [0.15, 0.2) is 0 Å². The number of nitrogens with one attached hydrogen (secondary N) is 1. The molecular formula is C16H25NO3. The number of aliphatic hydroxyl groups excluding tert-OH is 1. The first-order valence-corrected chi connectivity index (χ1v) is 7.30. The van der Waals surface area contributed by atoms with Crippen molar-refractivity contribution in [1.82, 2.24) is 5.32 Å². The van der Waals surface area contributed by atoms with Crippen LogP contribution >= 0.6 is 0 Å². The van der Waals surface area contributed by atoms with Crippen molar-refractivity contribution < 1.29 is 14.6 Å². The van der Waals surface area contributed by atoms with E-state index in [0.717, 1.165) is 17.7 Å². The molecule has 1 aliphatic heterocycles. The molecule has 4 nitrogen and oxygen atoms in total.